The van der Waals surface area contributed by atoms with Crippen LogP contribution in [0, 0.1) is 11.8 Å². The Morgan fingerprint density at radius 2 is 1.81 bits per heavy atom. The molecule has 1 aromatic rings. The van der Waals surface area contributed by atoms with Crippen LogP contribution >= 0.6 is 26.6 Å². The zero-order chi connectivity index (χ0) is 15.2. The molecule has 0 atom stereocenters. The van der Waals surface area contributed by atoms with Crippen molar-refractivity contribution in [3.8, 4) is 0 Å². The molecule has 1 aromatic carbocycles. The maximum Gasteiger partial charge on any atom is 0.261 e. The maximum absolute atomic E-state index is 12.4. The zero-order valence-corrected chi connectivity index (χ0v) is 14.3. The normalized spacial score (nSPS) is 18.8. The van der Waals surface area contributed by atoms with E-state index >= 15 is 0 Å². The fraction of sp³-hybridized carbons (Fsp3) is 0.500. The SMILES string of the molecule is O=C(NC(C1CC1)C1CC1)c1cc(S(=O)(=O)Cl)ccc1Br. The second kappa shape index (κ2) is 5.56. The third-order valence-electron chi connectivity index (χ3n) is 4.02. The highest BCUT2D eigenvalue weighted by molar-refractivity contribution is 9.10. The molecule has 21 heavy (non-hydrogen) atoms. The number of amides is 1. The van der Waals surface area contributed by atoms with Crippen LogP contribution in [-0.4, -0.2) is 20.4 Å². The van der Waals surface area contributed by atoms with Crippen molar-refractivity contribution in [2.45, 2.75) is 36.6 Å². The molecule has 0 bridgehead atoms. The van der Waals surface area contributed by atoms with Gasteiger partial charge in [-0.1, -0.05) is 0 Å². The summed E-state index contributed by atoms with van der Waals surface area (Å²) in [5.74, 6) is 0.924. The highest BCUT2D eigenvalue weighted by atomic mass is 79.9. The van der Waals surface area contributed by atoms with Crippen molar-refractivity contribution in [2.75, 3.05) is 0 Å². The molecule has 1 amide bonds. The molecule has 2 aliphatic rings. The van der Waals surface area contributed by atoms with Gasteiger partial charge in [-0.3, -0.25) is 4.79 Å². The molecule has 0 saturated heterocycles. The lowest BCUT2D eigenvalue weighted by molar-refractivity contribution is 0.0925. The second-order valence-electron chi connectivity index (χ2n) is 5.75. The standard InChI is InChI=1S/C14H15BrClNO3S/c15-12-6-5-10(21(16,19)20)7-11(12)14(18)17-13(8-1-2-8)9-3-4-9/h5-9,13H,1-4H2,(H,17,18). The third kappa shape index (κ3) is 3.60. The lowest BCUT2D eigenvalue weighted by atomic mass is 10.1. The second-order valence-corrected chi connectivity index (χ2v) is 9.17. The van der Waals surface area contributed by atoms with Crippen LogP contribution in [-0.2, 0) is 9.05 Å². The highest BCUT2D eigenvalue weighted by Gasteiger charge is 2.42. The third-order valence-corrected chi connectivity index (χ3v) is 6.06. The van der Waals surface area contributed by atoms with Gasteiger partial charge in [0.05, 0.1) is 10.5 Å². The lowest BCUT2D eigenvalue weighted by Crippen LogP contribution is -2.38. The summed E-state index contributed by atoms with van der Waals surface area (Å²) >= 11 is 3.29. The molecule has 4 nitrogen and oxygen atoms in total. The average molecular weight is 393 g/mol. The van der Waals surface area contributed by atoms with E-state index < -0.39 is 9.05 Å². The molecule has 0 radical (unpaired) electrons. The minimum atomic E-state index is -3.84. The fourth-order valence-electron chi connectivity index (χ4n) is 2.59. The quantitative estimate of drug-likeness (QED) is 0.782. The molecule has 3 rings (SSSR count). The molecule has 1 N–H and O–H groups in total. The molecular weight excluding hydrogens is 378 g/mol. The number of halogens is 2. The molecule has 7 heteroatoms. The highest BCUT2D eigenvalue weighted by Crippen LogP contribution is 2.44. The van der Waals surface area contributed by atoms with Gasteiger partial charge in [0.25, 0.3) is 15.0 Å². The van der Waals surface area contributed by atoms with Crippen LogP contribution in [0.5, 0.6) is 0 Å². The number of rotatable bonds is 5. The van der Waals surface area contributed by atoms with E-state index in [1.165, 1.54) is 43.9 Å². The first-order chi connectivity index (χ1) is 9.86. The Morgan fingerprint density at radius 1 is 1.24 bits per heavy atom. The van der Waals surface area contributed by atoms with Gasteiger partial charge in [0.1, 0.15) is 0 Å². The number of carbonyl (C=O) groups excluding carboxylic acids is 1. The van der Waals surface area contributed by atoms with Crippen molar-refractivity contribution in [2.24, 2.45) is 11.8 Å². The predicted octanol–water partition coefficient (Wildman–Crippen LogP) is 3.30. The Balaban J connectivity index is 1.83. The zero-order valence-electron chi connectivity index (χ0n) is 11.2. The van der Waals surface area contributed by atoms with Gasteiger partial charge >= 0.3 is 0 Å². The fourth-order valence-corrected chi connectivity index (χ4v) is 3.79. The molecule has 2 saturated carbocycles. The lowest BCUT2D eigenvalue weighted by Gasteiger charge is -2.18. The van der Waals surface area contributed by atoms with E-state index in [2.05, 4.69) is 21.2 Å². The molecule has 0 spiro atoms. The monoisotopic (exact) mass is 391 g/mol. The number of hydrogen-bond acceptors (Lipinski definition) is 3. The van der Waals surface area contributed by atoms with Crippen LogP contribution in [0.25, 0.3) is 0 Å². The number of benzene rings is 1. The first-order valence-corrected chi connectivity index (χ1v) is 10.0. The topological polar surface area (TPSA) is 63.2 Å². The van der Waals surface area contributed by atoms with Crippen molar-refractivity contribution >= 4 is 41.6 Å². The first-order valence-electron chi connectivity index (χ1n) is 6.91. The summed E-state index contributed by atoms with van der Waals surface area (Å²) in [5, 5.41) is 3.07. The van der Waals surface area contributed by atoms with E-state index in [0.717, 1.165) is 0 Å². The molecule has 0 unspecified atom stereocenters. The molecule has 0 heterocycles. The first kappa shape index (κ1) is 15.3. The molecule has 0 aromatic heterocycles. The van der Waals surface area contributed by atoms with Crippen LogP contribution in [0.3, 0.4) is 0 Å². The van der Waals surface area contributed by atoms with Crippen LogP contribution in [0.4, 0.5) is 0 Å². The van der Waals surface area contributed by atoms with Gasteiger partial charge < -0.3 is 5.32 Å². The Kier molecular flexibility index (Phi) is 4.05. The van der Waals surface area contributed by atoms with Crippen molar-refractivity contribution < 1.29 is 13.2 Å². The van der Waals surface area contributed by atoms with Gasteiger partial charge in [-0.2, -0.15) is 0 Å². The van der Waals surface area contributed by atoms with Crippen molar-refractivity contribution in [1.82, 2.24) is 5.32 Å². The summed E-state index contributed by atoms with van der Waals surface area (Å²) in [6, 6.07) is 4.45. The van der Waals surface area contributed by atoms with E-state index in [1.54, 1.807) is 0 Å². The number of nitrogens with one attached hydrogen (secondary N) is 1. The largest absolute Gasteiger partial charge is 0.349 e. The van der Waals surface area contributed by atoms with E-state index in [4.69, 9.17) is 10.7 Å². The Labute approximate surface area is 136 Å². The van der Waals surface area contributed by atoms with Gasteiger partial charge in [-0.15, -0.1) is 0 Å². The summed E-state index contributed by atoms with van der Waals surface area (Å²) in [5.41, 5.74) is 0.308. The maximum atomic E-state index is 12.4. The molecule has 2 fully saturated rings. The van der Waals surface area contributed by atoms with E-state index in [9.17, 15) is 13.2 Å². The molecular formula is C14H15BrClNO3S. The summed E-state index contributed by atoms with van der Waals surface area (Å²) in [6.07, 6.45) is 4.66. The average Bonchev–Trinajstić information content (AvgIpc) is 3.27. The summed E-state index contributed by atoms with van der Waals surface area (Å²) < 4.78 is 23.4. The van der Waals surface area contributed by atoms with Gasteiger partial charge in [0.15, 0.2) is 0 Å². The Bertz CT molecular complexity index is 671. The number of hydrogen-bond donors (Lipinski definition) is 1. The van der Waals surface area contributed by atoms with Crippen molar-refractivity contribution in [1.29, 1.82) is 0 Å². The smallest absolute Gasteiger partial charge is 0.261 e. The van der Waals surface area contributed by atoms with E-state index in [1.807, 2.05) is 0 Å². The summed E-state index contributed by atoms with van der Waals surface area (Å²) in [4.78, 5) is 12.4. The van der Waals surface area contributed by atoms with Gasteiger partial charge in [-0.05, 0) is 71.6 Å². The van der Waals surface area contributed by atoms with Crippen LogP contribution in [0.15, 0.2) is 27.6 Å². The molecule has 2 aliphatic carbocycles. The van der Waals surface area contributed by atoms with E-state index in [0.29, 0.717) is 21.9 Å². The van der Waals surface area contributed by atoms with Gasteiger partial charge in [0, 0.05) is 21.2 Å². The van der Waals surface area contributed by atoms with Gasteiger partial charge in [-0.25, -0.2) is 8.42 Å². The van der Waals surface area contributed by atoms with Crippen molar-refractivity contribution in [3.63, 3.8) is 0 Å². The molecule has 0 aliphatic heterocycles. The van der Waals surface area contributed by atoms with Crippen LogP contribution < -0.4 is 5.32 Å². The van der Waals surface area contributed by atoms with Gasteiger partial charge in [0.2, 0.25) is 0 Å². The van der Waals surface area contributed by atoms with E-state index in [-0.39, 0.29) is 16.8 Å². The Morgan fingerprint density at radius 3 is 2.29 bits per heavy atom. The Hall–Kier alpha value is -0.590. The summed E-state index contributed by atoms with van der Waals surface area (Å²) in [6.45, 7) is 0. The molecule has 114 valence electrons. The minimum absolute atomic E-state index is 0.0630. The van der Waals surface area contributed by atoms with Crippen molar-refractivity contribution in [3.05, 3.63) is 28.2 Å². The number of carbonyl (C=O) groups is 1. The predicted molar refractivity (Wildman–Crippen MR) is 83.9 cm³/mol. The van der Waals surface area contributed by atoms with Crippen LogP contribution in [0.2, 0.25) is 0 Å². The van der Waals surface area contributed by atoms with Crippen LogP contribution in [0.1, 0.15) is 36.0 Å². The summed E-state index contributed by atoms with van der Waals surface area (Å²) in [7, 11) is 1.50. The minimum Gasteiger partial charge on any atom is -0.349 e.